The van der Waals surface area contributed by atoms with Crippen molar-refractivity contribution in [2.45, 2.75) is 25.2 Å². The minimum atomic E-state index is -4.15. The molecule has 3 aromatic rings. The van der Waals surface area contributed by atoms with Gasteiger partial charge < -0.3 is 10.6 Å². The van der Waals surface area contributed by atoms with Crippen LogP contribution >= 0.6 is 23.2 Å². The van der Waals surface area contributed by atoms with Crippen molar-refractivity contribution in [3.63, 3.8) is 0 Å². The molecule has 0 aliphatic carbocycles. The Morgan fingerprint density at radius 1 is 0.943 bits per heavy atom. The van der Waals surface area contributed by atoms with Crippen LogP contribution in [0.1, 0.15) is 29.3 Å². The van der Waals surface area contributed by atoms with Crippen LogP contribution in [0.2, 0.25) is 10.0 Å². The number of carbonyl (C=O) groups is 2. The molecule has 0 radical (unpaired) electrons. The van der Waals surface area contributed by atoms with E-state index in [1.54, 1.807) is 36.4 Å². The largest absolute Gasteiger partial charge is 0.352 e. The van der Waals surface area contributed by atoms with Gasteiger partial charge in [-0.3, -0.25) is 13.9 Å². The summed E-state index contributed by atoms with van der Waals surface area (Å²) in [6.45, 7) is 3.68. The summed E-state index contributed by atoms with van der Waals surface area (Å²) in [6, 6.07) is 17.1. The van der Waals surface area contributed by atoms with E-state index in [9.17, 15) is 18.0 Å². The highest BCUT2D eigenvalue weighted by Gasteiger charge is 2.28. The molecule has 0 fully saturated rings. The molecule has 2 amide bonds. The van der Waals surface area contributed by atoms with Crippen LogP contribution in [0.4, 0.5) is 11.4 Å². The van der Waals surface area contributed by atoms with Crippen molar-refractivity contribution in [3.8, 4) is 0 Å². The fraction of sp³-hybridized carbons (Fsp3) is 0.200. The van der Waals surface area contributed by atoms with Crippen LogP contribution in [0.25, 0.3) is 0 Å². The summed E-state index contributed by atoms with van der Waals surface area (Å²) in [5.74, 6) is -0.985. The van der Waals surface area contributed by atoms with Crippen molar-refractivity contribution in [2.24, 2.45) is 0 Å². The topological polar surface area (TPSA) is 95.6 Å². The Bertz CT molecular complexity index is 1310. The van der Waals surface area contributed by atoms with E-state index in [2.05, 4.69) is 10.6 Å². The Hall–Kier alpha value is -3.07. The number of anilines is 2. The number of nitrogens with zero attached hydrogens (tertiary/aromatic N) is 1. The highest BCUT2D eigenvalue weighted by atomic mass is 35.5. The normalized spacial score (nSPS) is 11.1. The number of rotatable bonds is 9. The van der Waals surface area contributed by atoms with Crippen molar-refractivity contribution >= 4 is 56.4 Å². The van der Waals surface area contributed by atoms with Crippen LogP contribution in [0, 0.1) is 6.92 Å². The van der Waals surface area contributed by atoms with Crippen molar-refractivity contribution in [3.05, 3.63) is 87.9 Å². The van der Waals surface area contributed by atoms with Gasteiger partial charge in [0.15, 0.2) is 0 Å². The first-order chi connectivity index (χ1) is 16.6. The smallest absolute Gasteiger partial charge is 0.264 e. The molecule has 0 atom stereocenters. The molecule has 35 heavy (non-hydrogen) atoms. The van der Waals surface area contributed by atoms with Crippen molar-refractivity contribution in [1.82, 2.24) is 5.32 Å². The third-order valence-corrected chi connectivity index (χ3v) is 7.24. The molecule has 0 saturated heterocycles. The van der Waals surface area contributed by atoms with Crippen LogP contribution in [0.15, 0.2) is 71.6 Å². The van der Waals surface area contributed by atoms with E-state index < -0.39 is 22.5 Å². The van der Waals surface area contributed by atoms with Gasteiger partial charge in [-0.25, -0.2) is 8.42 Å². The second kappa shape index (κ2) is 11.6. The van der Waals surface area contributed by atoms with Gasteiger partial charge in [0.2, 0.25) is 5.91 Å². The summed E-state index contributed by atoms with van der Waals surface area (Å²) in [4.78, 5) is 25.6. The lowest BCUT2D eigenvalue weighted by Gasteiger charge is -2.25. The zero-order chi connectivity index (χ0) is 25.6. The van der Waals surface area contributed by atoms with Crippen molar-refractivity contribution in [2.75, 3.05) is 22.7 Å². The van der Waals surface area contributed by atoms with E-state index in [1.165, 1.54) is 30.3 Å². The quantitative estimate of drug-likeness (QED) is 0.391. The number of nitrogens with one attached hydrogen (secondary N) is 2. The molecular formula is C25H25Cl2N3O4S. The molecule has 3 rings (SSSR count). The van der Waals surface area contributed by atoms with Crippen LogP contribution < -0.4 is 14.9 Å². The Morgan fingerprint density at radius 2 is 1.57 bits per heavy atom. The molecule has 0 spiro atoms. The highest BCUT2D eigenvalue weighted by Crippen LogP contribution is 2.30. The minimum absolute atomic E-state index is 0.00587. The molecule has 0 aromatic heterocycles. The van der Waals surface area contributed by atoms with E-state index in [-0.39, 0.29) is 37.8 Å². The minimum Gasteiger partial charge on any atom is -0.352 e. The van der Waals surface area contributed by atoms with Crippen molar-refractivity contribution in [1.29, 1.82) is 0 Å². The van der Waals surface area contributed by atoms with Gasteiger partial charge in [-0.1, -0.05) is 60.0 Å². The number of hydrogen-bond donors (Lipinski definition) is 2. The standard InChI is InChI=1S/C25H25Cl2N3O4S/c1-3-12-28-25(32)22-6-4-5-7-23(22)29-24(31)16-30(20-14-18(26)13-19(27)15-20)35(33,34)21-10-8-17(2)9-11-21/h4-11,13-15H,3,12,16H2,1-2H3,(H,28,32)(H,29,31). The molecule has 0 bridgehead atoms. The lowest BCUT2D eigenvalue weighted by atomic mass is 10.1. The van der Waals surface area contributed by atoms with E-state index in [1.807, 2.05) is 13.8 Å². The number of halogens is 2. The van der Waals surface area contributed by atoms with Gasteiger partial charge >= 0.3 is 0 Å². The van der Waals surface area contributed by atoms with Crippen molar-refractivity contribution < 1.29 is 18.0 Å². The summed E-state index contributed by atoms with van der Waals surface area (Å²) >= 11 is 12.2. The van der Waals surface area contributed by atoms with Crippen LogP contribution in [0.5, 0.6) is 0 Å². The Morgan fingerprint density at radius 3 is 2.20 bits per heavy atom. The Kier molecular flexibility index (Phi) is 8.77. The average molecular weight is 534 g/mol. The van der Waals surface area contributed by atoms with Gasteiger partial charge in [0, 0.05) is 16.6 Å². The number of carbonyl (C=O) groups excluding carboxylic acids is 2. The maximum atomic E-state index is 13.5. The van der Waals surface area contributed by atoms with Gasteiger partial charge in [-0.05, 0) is 55.8 Å². The number of sulfonamides is 1. The summed E-state index contributed by atoms with van der Waals surface area (Å²) in [7, 11) is -4.15. The number of aryl methyl sites for hydroxylation is 1. The fourth-order valence-electron chi connectivity index (χ4n) is 3.28. The van der Waals surface area contributed by atoms with E-state index in [4.69, 9.17) is 23.2 Å². The lowest BCUT2D eigenvalue weighted by molar-refractivity contribution is -0.114. The first-order valence-electron chi connectivity index (χ1n) is 10.8. The zero-order valence-corrected chi connectivity index (χ0v) is 21.5. The predicted octanol–water partition coefficient (Wildman–Crippen LogP) is 5.28. The molecular weight excluding hydrogens is 509 g/mol. The summed E-state index contributed by atoms with van der Waals surface area (Å²) < 4.78 is 28.0. The average Bonchev–Trinajstić information content (AvgIpc) is 2.81. The molecule has 2 N–H and O–H groups in total. The number of benzene rings is 3. The van der Waals surface area contributed by atoms with Gasteiger partial charge in [-0.15, -0.1) is 0 Å². The lowest BCUT2D eigenvalue weighted by Crippen LogP contribution is -2.38. The monoisotopic (exact) mass is 533 g/mol. The number of hydrogen-bond acceptors (Lipinski definition) is 4. The molecule has 184 valence electrons. The zero-order valence-electron chi connectivity index (χ0n) is 19.2. The van der Waals surface area contributed by atoms with Gasteiger partial charge in [-0.2, -0.15) is 0 Å². The van der Waals surface area contributed by atoms with Gasteiger partial charge in [0.05, 0.1) is 21.8 Å². The van der Waals surface area contributed by atoms with E-state index in [0.717, 1.165) is 16.3 Å². The predicted molar refractivity (Wildman–Crippen MR) is 140 cm³/mol. The third kappa shape index (κ3) is 6.75. The fourth-order valence-corrected chi connectivity index (χ4v) is 5.20. The van der Waals surface area contributed by atoms with Crippen LogP contribution in [-0.4, -0.2) is 33.3 Å². The molecule has 0 aliphatic heterocycles. The number of amides is 2. The summed E-state index contributed by atoms with van der Waals surface area (Å²) in [5, 5.41) is 5.86. The molecule has 0 aliphatic rings. The van der Waals surface area contributed by atoms with Crippen LogP contribution in [-0.2, 0) is 14.8 Å². The first kappa shape index (κ1) is 26.5. The van der Waals surface area contributed by atoms with E-state index >= 15 is 0 Å². The van der Waals surface area contributed by atoms with Gasteiger partial charge in [0.1, 0.15) is 6.54 Å². The Labute approximate surface area is 215 Å². The maximum absolute atomic E-state index is 13.5. The van der Waals surface area contributed by atoms with Gasteiger partial charge in [0.25, 0.3) is 15.9 Å². The summed E-state index contributed by atoms with van der Waals surface area (Å²) in [5.41, 5.74) is 1.56. The molecule has 3 aromatic carbocycles. The maximum Gasteiger partial charge on any atom is 0.264 e. The molecule has 0 heterocycles. The third-order valence-electron chi connectivity index (χ3n) is 5.01. The first-order valence-corrected chi connectivity index (χ1v) is 13.0. The SMILES string of the molecule is CCCNC(=O)c1ccccc1NC(=O)CN(c1cc(Cl)cc(Cl)c1)S(=O)(=O)c1ccc(C)cc1. The summed E-state index contributed by atoms with van der Waals surface area (Å²) in [6.07, 6.45) is 0.758. The van der Waals surface area contributed by atoms with Crippen LogP contribution in [0.3, 0.4) is 0 Å². The van der Waals surface area contributed by atoms with E-state index in [0.29, 0.717) is 6.54 Å². The second-order valence-corrected chi connectivity index (χ2v) is 10.5. The molecule has 7 nitrogen and oxygen atoms in total. The molecule has 0 unspecified atom stereocenters. The molecule has 10 heteroatoms. The Balaban J connectivity index is 1.95. The highest BCUT2D eigenvalue weighted by molar-refractivity contribution is 7.92. The second-order valence-electron chi connectivity index (χ2n) is 7.80. The number of para-hydroxylation sites is 1. The molecule has 0 saturated carbocycles.